The predicted molar refractivity (Wildman–Crippen MR) is 197 cm³/mol. The third-order valence-electron chi connectivity index (χ3n) is 9.53. The van der Waals surface area contributed by atoms with Crippen molar-refractivity contribution in [1.82, 2.24) is 0 Å². The van der Waals surface area contributed by atoms with Crippen LogP contribution in [0.25, 0.3) is 84.9 Å². The van der Waals surface area contributed by atoms with Gasteiger partial charge in [0.2, 0.25) is 0 Å². The highest BCUT2D eigenvalue weighted by molar-refractivity contribution is 7.26. The minimum absolute atomic E-state index is 0.971. The van der Waals surface area contributed by atoms with Crippen LogP contribution in [0.5, 0.6) is 0 Å². The Kier molecular flexibility index (Phi) is 5.48. The van der Waals surface area contributed by atoms with Gasteiger partial charge in [0.25, 0.3) is 0 Å². The molecular weight excluding hydrogens is 581 g/mol. The molecule has 0 bridgehead atoms. The molecule has 0 fully saturated rings. The standard InChI is InChI=1S/C43H26S2/c1-2-11-30-26(10-1)25-39-31(14-7-17-34(30)39)27-22-28(32-15-8-18-37-35-12-3-5-20-40(35)44-42(32)37)24-29(23-27)33-16-9-19-38-36-13-4-6-21-41(36)45-43(33)38/h1-24H,25H2. The number of fused-ring (bicyclic) bond motifs is 9. The monoisotopic (exact) mass is 606 g/mol. The maximum atomic E-state index is 2.44. The van der Waals surface area contributed by atoms with Gasteiger partial charge in [-0.25, -0.2) is 0 Å². The molecule has 0 saturated heterocycles. The zero-order valence-electron chi connectivity index (χ0n) is 24.4. The van der Waals surface area contributed by atoms with Crippen LogP contribution in [0, 0.1) is 0 Å². The molecule has 10 rings (SSSR count). The van der Waals surface area contributed by atoms with E-state index < -0.39 is 0 Å². The van der Waals surface area contributed by atoms with Crippen LogP contribution < -0.4 is 0 Å². The molecule has 1 aliphatic rings. The van der Waals surface area contributed by atoms with Crippen molar-refractivity contribution in [3.05, 3.63) is 157 Å². The third-order valence-corrected chi connectivity index (χ3v) is 12.0. The van der Waals surface area contributed by atoms with Gasteiger partial charge in [0.1, 0.15) is 0 Å². The minimum atomic E-state index is 0.971. The van der Waals surface area contributed by atoms with Gasteiger partial charge in [0, 0.05) is 40.3 Å². The maximum Gasteiger partial charge on any atom is 0.0433 e. The Bertz CT molecular complexity index is 2500. The number of hydrogen-bond acceptors (Lipinski definition) is 2. The van der Waals surface area contributed by atoms with Gasteiger partial charge in [-0.2, -0.15) is 0 Å². The van der Waals surface area contributed by atoms with Crippen molar-refractivity contribution in [2.24, 2.45) is 0 Å². The van der Waals surface area contributed by atoms with Crippen LogP contribution in [0.2, 0.25) is 0 Å². The molecule has 2 heterocycles. The van der Waals surface area contributed by atoms with Crippen LogP contribution in [0.15, 0.2) is 146 Å². The van der Waals surface area contributed by atoms with E-state index >= 15 is 0 Å². The van der Waals surface area contributed by atoms with E-state index in [4.69, 9.17) is 0 Å². The molecule has 0 spiro atoms. The van der Waals surface area contributed by atoms with E-state index in [0.717, 1.165) is 6.42 Å². The Morgan fingerprint density at radius 3 is 1.44 bits per heavy atom. The van der Waals surface area contributed by atoms with Gasteiger partial charge in [-0.1, -0.05) is 115 Å². The first-order valence-electron chi connectivity index (χ1n) is 15.5. The second-order valence-corrected chi connectivity index (χ2v) is 14.1. The molecule has 7 aromatic carbocycles. The number of benzene rings is 7. The Morgan fingerprint density at radius 1 is 0.356 bits per heavy atom. The van der Waals surface area contributed by atoms with E-state index in [-0.39, 0.29) is 0 Å². The van der Waals surface area contributed by atoms with Crippen molar-refractivity contribution in [2.75, 3.05) is 0 Å². The highest BCUT2D eigenvalue weighted by Gasteiger charge is 2.22. The molecule has 210 valence electrons. The fourth-order valence-corrected chi connectivity index (χ4v) is 9.95. The normalized spacial score (nSPS) is 12.4. The summed E-state index contributed by atoms with van der Waals surface area (Å²) in [6.45, 7) is 0. The molecule has 0 N–H and O–H groups in total. The highest BCUT2D eigenvalue weighted by atomic mass is 32.1. The first kappa shape index (κ1) is 25.3. The van der Waals surface area contributed by atoms with Crippen molar-refractivity contribution < 1.29 is 0 Å². The average molecular weight is 607 g/mol. The van der Waals surface area contributed by atoms with Gasteiger partial charge >= 0.3 is 0 Å². The molecular formula is C43H26S2. The number of thiophene rings is 2. The largest absolute Gasteiger partial charge is 0.135 e. The zero-order chi connectivity index (χ0) is 29.5. The molecule has 1 aliphatic carbocycles. The summed E-state index contributed by atoms with van der Waals surface area (Å²) in [6.07, 6.45) is 0.971. The van der Waals surface area contributed by atoms with E-state index in [2.05, 4.69) is 146 Å². The molecule has 0 nitrogen and oxygen atoms in total. The summed E-state index contributed by atoms with van der Waals surface area (Å²) in [5, 5.41) is 5.35. The lowest BCUT2D eigenvalue weighted by Crippen LogP contribution is -1.91. The zero-order valence-corrected chi connectivity index (χ0v) is 26.0. The van der Waals surface area contributed by atoms with E-state index in [9.17, 15) is 0 Å². The summed E-state index contributed by atoms with van der Waals surface area (Å²) >= 11 is 3.81. The molecule has 0 aliphatic heterocycles. The lowest BCUT2D eigenvalue weighted by molar-refractivity contribution is 1.26. The molecule has 2 aromatic heterocycles. The summed E-state index contributed by atoms with van der Waals surface area (Å²) in [5.41, 5.74) is 13.3. The van der Waals surface area contributed by atoms with Crippen LogP contribution >= 0.6 is 22.7 Å². The Balaban J connectivity index is 1.26. The molecule has 0 saturated carbocycles. The Morgan fingerprint density at radius 2 is 0.800 bits per heavy atom. The van der Waals surface area contributed by atoms with Crippen molar-refractivity contribution >= 4 is 63.0 Å². The van der Waals surface area contributed by atoms with E-state index in [0.29, 0.717) is 0 Å². The second kappa shape index (κ2) is 9.74. The molecule has 0 atom stereocenters. The van der Waals surface area contributed by atoms with Crippen molar-refractivity contribution in [2.45, 2.75) is 6.42 Å². The van der Waals surface area contributed by atoms with Gasteiger partial charge < -0.3 is 0 Å². The molecule has 0 amide bonds. The topological polar surface area (TPSA) is 0 Å². The first-order valence-corrected chi connectivity index (χ1v) is 17.1. The maximum absolute atomic E-state index is 2.44. The summed E-state index contributed by atoms with van der Waals surface area (Å²) < 4.78 is 5.38. The predicted octanol–water partition coefficient (Wildman–Crippen LogP) is 13.0. The van der Waals surface area contributed by atoms with Crippen LogP contribution in [0.3, 0.4) is 0 Å². The van der Waals surface area contributed by atoms with Crippen LogP contribution in [-0.2, 0) is 6.42 Å². The quantitative estimate of drug-likeness (QED) is 0.188. The van der Waals surface area contributed by atoms with E-state index in [1.165, 1.54) is 96.0 Å². The number of hydrogen-bond donors (Lipinski definition) is 0. The Hall–Kier alpha value is -5.02. The smallest absolute Gasteiger partial charge is 0.0433 e. The van der Waals surface area contributed by atoms with Gasteiger partial charge in [-0.3, -0.25) is 0 Å². The fourth-order valence-electron chi connectivity index (χ4n) is 7.47. The molecule has 0 unspecified atom stereocenters. The molecule has 9 aromatic rings. The fraction of sp³-hybridized carbons (Fsp3) is 0.0233. The summed E-state index contributed by atoms with van der Waals surface area (Å²) in [7, 11) is 0. The highest BCUT2D eigenvalue weighted by Crippen LogP contribution is 2.47. The lowest BCUT2D eigenvalue weighted by atomic mass is 9.89. The average Bonchev–Trinajstić information content (AvgIpc) is 3.79. The van der Waals surface area contributed by atoms with E-state index in [1.807, 2.05) is 22.7 Å². The van der Waals surface area contributed by atoms with Gasteiger partial charge in [-0.15, -0.1) is 22.7 Å². The van der Waals surface area contributed by atoms with Crippen LogP contribution in [0.4, 0.5) is 0 Å². The molecule has 0 radical (unpaired) electrons. The summed E-state index contributed by atoms with van der Waals surface area (Å²) in [4.78, 5) is 0. The Labute approximate surface area is 269 Å². The molecule has 2 heteroatoms. The van der Waals surface area contributed by atoms with Crippen LogP contribution in [0.1, 0.15) is 11.1 Å². The van der Waals surface area contributed by atoms with E-state index in [1.54, 1.807) is 0 Å². The minimum Gasteiger partial charge on any atom is -0.135 e. The second-order valence-electron chi connectivity index (χ2n) is 12.0. The van der Waals surface area contributed by atoms with Gasteiger partial charge in [0.05, 0.1) is 0 Å². The van der Waals surface area contributed by atoms with Crippen molar-refractivity contribution in [3.8, 4) is 44.5 Å². The first-order chi connectivity index (χ1) is 22.3. The van der Waals surface area contributed by atoms with Crippen LogP contribution in [-0.4, -0.2) is 0 Å². The van der Waals surface area contributed by atoms with Crippen molar-refractivity contribution in [3.63, 3.8) is 0 Å². The van der Waals surface area contributed by atoms with Gasteiger partial charge in [-0.05, 0) is 92.4 Å². The third kappa shape index (κ3) is 3.83. The summed E-state index contributed by atoms with van der Waals surface area (Å²) in [5.74, 6) is 0. The van der Waals surface area contributed by atoms with Crippen molar-refractivity contribution in [1.29, 1.82) is 0 Å². The number of rotatable bonds is 3. The summed E-state index contributed by atoms with van der Waals surface area (Å²) in [6, 6.07) is 54.3. The molecule has 45 heavy (non-hydrogen) atoms. The SMILES string of the molecule is c1ccc2c(c1)Cc1c(-c3cc(-c4cccc5c4sc4ccccc45)cc(-c4cccc5c4sc4ccccc45)c3)cccc1-2. The van der Waals surface area contributed by atoms with Gasteiger partial charge in [0.15, 0.2) is 0 Å². The lowest BCUT2D eigenvalue weighted by Gasteiger charge is -2.15.